The van der Waals surface area contributed by atoms with Crippen molar-refractivity contribution in [2.75, 3.05) is 6.54 Å². The molecule has 1 aliphatic rings. The van der Waals surface area contributed by atoms with Crippen LogP contribution >= 0.6 is 0 Å². The van der Waals surface area contributed by atoms with Crippen LogP contribution in [0.5, 0.6) is 0 Å². The lowest BCUT2D eigenvalue weighted by Gasteiger charge is -2.14. The Hall–Kier alpha value is -1.54. The summed E-state index contributed by atoms with van der Waals surface area (Å²) in [4.78, 5) is 13.7. The van der Waals surface area contributed by atoms with Gasteiger partial charge in [-0.1, -0.05) is 23.3 Å². The largest absolute Gasteiger partial charge is 0.295 e. The average Bonchev–Trinajstić information content (AvgIpc) is 2.39. The molecule has 0 aromatic carbocycles. The zero-order valence-corrected chi connectivity index (χ0v) is 10.8. The van der Waals surface area contributed by atoms with Gasteiger partial charge in [-0.3, -0.25) is 4.79 Å². The molecule has 0 aromatic heterocycles. The summed E-state index contributed by atoms with van der Waals surface area (Å²) in [6.07, 6.45) is 15.3. The molecule has 0 saturated carbocycles. The topological polar surface area (TPSA) is 65.8 Å². The van der Waals surface area contributed by atoms with Gasteiger partial charge in [0.1, 0.15) is 0 Å². The van der Waals surface area contributed by atoms with Gasteiger partial charge in [-0.05, 0) is 56.0 Å². The van der Waals surface area contributed by atoms with Gasteiger partial charge in [0.15, 0.2) is 5.78 Å². The maximum absolute atomic E-state index is 11.0. The Labute approximate surface area is 108 Å². The van der Waals surface area contributed by atoms with Gasteiger partial charge < -0.3 is 0 Å². The summed E-state index contributed by atoms with van der Waals surface area (Å²) in [5, 5.41) is 3.48. The predicted molar refractivity (Wildman–Crippen MR) is 73.1 cm³/mol. The maximum atomic E-state index is 11.0. The molecule has 0 saturated heterocycles. The molecule has 98 valence electrons. The van der Waals surface area contributed by atoms with Crippen LogP contribution in [0, 0.1) is 5.92 Å². The standard InChI is InChI=1S/C14H21N3O/c15-17-16-12-6-4-2-1-3-5-7-13-8-10-14(18)11-9-13/h1-2,8,10,13H,3-7,9,11-12H2/b2-1+. The van der Waals surface area contributed by atoms with E-state index in [4.69, 9.17) is 5.53 Å². The lowest BCUT2D eigenvalue weighted by atomic mass is 9.91. The van der Waals surface area contributed by atoms with Crippen LogP contribution in [0.3, 0.4) is 0 Å². The fourth-order valence-electron chi connectivity index (χ4n) is 2.05. The molecule has 0 aromatic rings. The lowest BCUT2D eigenvalue weighted by molar-refractivity contribution is -0.115. The molecule has 1 aliphatic carbocycles. The average molecular weight is 247 g/mol. The minimum absolute atomic E-state index is 0.270. The Morgan fingerprint density at radius 3 is 2.83 bits per heavy atom. The molecule has 18 heavy (non-hydrogen) atoms. The van der Waals surface area contributed by atoms with Crippen LogP contribution in [0.15, 0.2) is 29.4 Å². The van der Waals surface area contributed by atoms with Gasteiger partial charge in [0, 0.05) is 17.9 Å². The Kier molecular flexibility index (Phi) is 7.65. The van der Waals surface area contributed by atoms with E-state index in [1.165, 1.54) is 12.8 Å². The van der Waals surface area contributed by atoms with Gasteiger partial charge in [0.25, 0.3) is 0 Å². The van der Waals surface area contributed by atoms with Gasteiger partial charge in [-0.2, -0.15) is 0 Å². The Morgan fingerprint density at radius 2 is 2.17 bits per heavy atom. The van der Waals surface area contributed by atoms with Crippen molar-refractivity contribution in [1.29, 1.82) is 0 Å². The third kappa shape index (κ3) is 6.92. The number of unbranched alkanes of at least 4 members (excludes halogenated alkanes) is 2. The minimum Gasteiger partial charge on any atom is -0.295 e. The van der Waals surface area contributed by atoms with Crippen molar-refractivity contribution in [3.63, 3.8) is 0 Å². The lowest BCUT2D eigenvalue weighted by Crippen LogP contribution is -2.07. The zero-order chi connectivity index (χ0) is 13.1. The number of azide groups is 1. The molecule has 0 amide bonds. The number of ketones is 1. The fraction of sp³-hybridized carbons (Fsp3) is 0.643. The first-order valence-electron chi connectivity index (χ1n) is 6.70. The van der Waals surface area contributed by atoms with Crippen molar-refractivity contribution < 1.29 is 4.79 Å². The van der Waals surface area contributed by atoms with Crippen molar-refractivity contribution in [3.05, 3.63) is 34.7 Å². The molecule has 0 heterocycles. The number of rotatable bonds is 8. The molecule has 4 nitrogen and oxygen atoms in total. The second-order valence-corrected chi connectivity index (χ2v) is 4.62. The van der Waals surface area contributed by atoms with Crippen molar-refractivity contribution in [1.82, 2.24) is 0 Å². The summed E-state index contributed by atoms with van der Waals surface area (Å²) >= 11 is 0. The molecule has 0 radical (unpaired) electrons. The van der Waals surface area contributed by atoms with Crippen LogP contribution in [0.25, 0.3) is 10.4 Å². The van der Waals surface area contributed by atoms with Gasteiger partial charge in [-0.15, -0.1) is 0 Å². The number of allylic oxidation sites excluding steroid dienone is 4. The summed E-state index contributed by atoms with van der Waals surface area (Å²) in [7, 11) is 0. The molecule has 0 aliphatic heterocycles. The number of hydrogen-bond donors (Lipinski definition) is 0. The molecule has 0 fully saturated rings. The third-order valence-electron chi connectivity index (χ3n) is 3.12. The highest BCUT2D eigenvalue weighted by Gasteiger charge is 2.11. The predicted octanol–water partition coefficient (Wildman–Crippen LogP) is 4.34. The molecule has 0 spiro atoms. The number of carbonyl (C=O) groups excluding carboxylic acids is 1. The van der Waals surface area contributed by atoms with Crippen LogP contribution in [-0.4, -0.2) is 12.3 Å². The first-order valence-corrected chi connectivity index (χ1v) is 6.70. The van der Waals surface area contributed by atoms with Gasteiger partial charge in [0.05, 0.1) is 0 Å². The van der Waals surface area contributed by atoms with E-state index in [9.17, 15) is 4.79 Å². The molecule has 1 unspecified atom stereocenters. The highest BCUT2D eigenvalue weighted by Crippen LogP contribution is 2.20. The second-order valence-electron chi connectivity index (χ2n) is 4.62. The van der Waals surface area contributed by atoms with E-state index in [1.54, 1.807) is 6.08 Å². The first kappa shape index (κ1) is 14.5. The van der Waals surface area contributed by atoms with Gasteiger partial charge >= 0.3 is 0 Å². The monoisotopic (exact) mass is 247 g/mol. The molecule has 1 atom stereocenters. The zero-order valence-electron chi connectivity index (χ0n) is 10.8. The van der Waals surface area contributed by atoms with E-state index in [0.717, 1.165) is 32.1 Å². The van der Waals surface area contributed by atoms with E-state index < -0.39 is 0 Å². The van der Waals surface area contributed by atoms with Gasteiger partial charge in [0.2, 0.25) is 0 Å². The summed E-state index contributed by atoms with van der Waals surface area (Å²) < 4.78 is 0. The van der Waals surface area contributed by atoms with Gasteiger partial charge in [-0.25, -0.2) is 0 Å². The van der Waals surface area contributed by atoms with Crippen molar-refractivity contribution >= 4 is 5.78 Å². The number of hydrogen-bond acceptors (Lipinski definition) is 2. The highest BCUT2D eigenvalue weighted by molar-refractivity contribution is 5.90. The van der Waals surface area contributed by atoms with Crippen LogP contribution in [0.2, 0.25) is 0 Å². The summed E-state index contributed by atoms with van der Waals surface area (Å²) in [6, 6.07) is 0. The van der Waals surface area contributed by atoms with E-state index >= 15 is 0 Å². The third-order valence-corrected chi connectivity index (χ3v) is 3.12. The highest BCUT2D eigenvalue weighted by atomic mass is 16.1. The van der Waals surface area contributed by atoms with Crippen LogP contribution in [-0.2, 0) is 4.79 Å². The molecule has 4 heteroatoms. The molecule has 1 rings (SSSR count). The minimum atomic E-state index is 0.270. The number of carbonyl (C=O) groups is 1. The summed E-state index contributed by atoms with van der Waals surface area (Å²) in [5.41, 5.74) is 8.09. The Balaban J connectivity index is 1.98. The molecule has 0 bridgehead atoms. The van der Waals surface area contributed by atoms with Crippen LogP contribution in [0.1, 0.15) is 44.9 Å². The smallest absolute Gasteiger partial charge is 0.155 e. The quantitative estimate of drug-likeness (QED) is 0.207. The summed E-state index contributed by atoms with van der Waals surface area (Å²) in [6.45, 7) is 0.585. The second kappa shape index (κ2) is 9.49. The molecular formula is C14H21N3O. The van der Waals surface area contributed by atoms with E-state index in [2.05, 4.69) is 28.3 Å². The van der Waals surface area contributed by atoms with E-state index in [-0.39, 0.29) is 5.78 Å². The Bertz CT molecular complexity index is 354. The Morgan fingerprint density at radius 1 is 1.39 bits per heavy atom. The summed E-state index contributed by atoms with van der Waals surface area (Å²) in [5.74, 6) is 0.868. The normalized spacial score (nSPS) is 19.1. The van der Waals surface area contributed by atoms with Crippen molar-refractivity contribution in [2.45, 2.75) is 44.9 Å². The first-order chi connectivity index (χ1) is 8.83. The number of nitrogens with zero attached hydrogens (tertiary/aromatic N) is 3. The SMILES string of the molecule is [N-]=[N+]=NCCC/C=C/CCCC1C=CC(=O)CC1. The molecule has 0 N–H and O–H groups in total. The van der Waals surface area contributed by atoms with Crippen molar-refractivity contribution in [2.24, 2.45) is 11.0 Å². The van der Waals surface area contributed by atoms with E-state index in [0.29, 0.717) is 12.5 Å². The van der Waals surface area contributed by atoms with Crippen LogP contribution < -0.4 is 0 Å². The van der Waals surface area contributed by atoms with E-state index in [1.807, 2.05) is 0 Å². The maximum Gasteiger partial charge on any atom is 0.155 e. The van der Waals surface area contributed by atoms with Crippen molar-refractivity contribution in [3.8, 4) is 0 Å². The van der Waals surface area contributed by atoms with Crippen LogP contribution in [0.4, 0.5) is 0 Å². The fourth-order valence-corrected chi connectivity index (χ4v) is 2.05. The molecular weight excluding hydrogens is 226 g/mol.